The lowest BCUT2D eigenvalue weighted by Crippen LogP contribution is -2.45. The van der Waals surface area contributed by atoms with E-state index in [1.165, 1.54) is 0 Å². The van der Waals surface area contributed by atoms with Gasteiger partial charge in [-0.15, -0.1) is 6.58 Å². The Kier molecular flexibility index (Phi) is 4.52. The zero-order valence-electron chi connectivity index (χ0n) is 9.50. The number of hydrogen-bond acceptors (Lipinski definition) is 2. The minimum absolute atomic E-state index is 0.0593. The van der Waals surface area contributed by atoms with Crippen LogP contribution in [0, 0.1) is 5.41 Å². The summed E-state index contributed by atoms with van der Waals surface area (Å²) in [5.41, 5.74) is -0.245. The van der Waals surface area contributed by atoms with Gasteiger partial charge in [0.15, 0.2) is 0 Å². The molecule has 4 heteroatoms. The molecular weight excluding hydrogens is 206 g/mol. The molecule has 16 heavy (non-hydrogen) atoms. The first-order valence-electron chi connectivity index (χ1n) is 5.72. The lowest BCUT2D eigenvalue weighted by atomic mass is 9.66. The number of carbonyl (C=O) groups excluding carboxylic acids is 1. The van der Waals surface area contributed by atoms with E-state index in [-0.39, 0.29) is 17.7 Å². The van der Waals surface area contributed by atoms with E-state index < -0.39 is 5.97 Å². The van der Waals surface area contributed by atoms with E-state index in [4.69, 9.17) is 5.11 Å². The van der Waals surface area contributed by atoms with Crippen LogP contribution in [0.15, 0.2) is 12.7 Å². The molecule has 0 saturated heterocycles. The summed E-state index contributed by atoms with van der Waals surface area (Å²) in [5.74, 6) is -0.761. The molecule has 1 rings (SSSR count). The topological polar surface area (TPSA) is 66.4 Å². The molecule has 0 bridgehead atoms. The standard InChI is InChI=1S/C12H19NO3/c1-2-6-12(7-4-8-12)11(16)13-9-3-5-10(14)15/h2H,1,3-9H2,(H,13,16)(H,14,15). The van der Waals surface area contributed by atoms with Gasteiger partial charge in [-0.25, -0.2) is 0 Å². The molecule has 4 nitrogen and oxygen atoms in total. The average Bonchev–Trinajstić information content (AvgIpc) is 2.17. The zero-order chi connectivity index (χ0) is 12.0. The van der Waals surface area contributed by atoms with Crippen molar-refractivity contribution in [1.29, 1.82) is 0 Å². The maximum atomic E-state index is 11.9. The van der Waals surface area contributed by atoms with Crippen LogP contribution in [0.2, 0.25) is 0 Å². The molecule has 90 valence electrons. The summed E-state index contributed by atoms with van der Waals surface area (Å²) >= 11 is 0. The molecular formula is C12H19NO3. The second-order valence-electron chi connectivity index (χ2n) is 4.38. The van der Waals surface area contributed by atoms with Crippen LogP contribution < -0.4 is 5.32 Å². The predicted molar refractivity (Wildman–Crippen MR) is 61.0 cm³/mol. The highest BCUT2D eigenvalue weighted by molar-refractivity contribution is 5.83. The highest BCUT2D eigenvalue weighted by atomic mass is 16.4. The fourth-order valence-electron chi connectivity index (χ4n) is 2.03. The van der Waals surface area contributed by atoms with Gasteiger partial charge in [-0.3, -0.25) is 9.59 Å². The number of carboxylic acids is 1. The number of carbonyl (C=O) groups is 2. The second-order valence-corrected chi connectivity index (χ2v) is 4.38. The third-order valence-corrected chi connectivity index (χ3v) is 3.18. The van der Waals surface area contributed by atoms with E-state index in [2.05, 4.69) is 11.9 Å². The number of allylic oxidation sites excluding steroid dienone is 1. The molecule has 0 aromatic heterocycles. The molecule has 1 aliphatic carbocycles. The number of amides is 1. The van der Waals surface area contributed by atoms with E-state index in [9.17, 15) is 9.59 Å². The summed E-state index contributed by atoms with van der Waals surface area (Å²) in [6.45, 7) is 4.12. The van der Waals surface area contributed by atoms with Crippen LogP contribution in [0.4, 0.5) is 0 Å². The molecule has 0 atom stereocenters. The lowest BCUT2D eigenvalue weighted by Gasteiger charge is -2.39. The Labute approximate surface area is 95.7 Å². The van der Waals surface area contributed by atoms with Gasteiger partial charge >= 0.3 is 5.97 Å². The van der Waals surface area contributed by atoms with Gasteiger partial charge in [-0.2, -0.15) is 0 Å². The van der Waals surface area contributed by atoms with Gasteiger partial charge in [0.05, 0.1) is 5.41 Å². The van der Waals surface area contributed by atoms with E-state index in [1.807, 2.05) is 0 Å². The summed E-state index contributed by atoms with van der Waals surface area (Å²) in [7, 11) is 0. The van der Waals surface area contributed by atoms with Crippen LogP contribution in [0.3, 0.4) is 0 Å². The second kappa shape index (κ2) is 5.68. The first-order chi connectivity index (χ1) is 7.60. The van der Waals surface area contributed by atoms with Crippen molar-refractivity contribution in [2.75, 3.05) is 6.54 Å². The van der Waals surface area contributed by atoms with Crippen LogP contribution in [0.25, 0.3) is 0 Å². The van der Waals surface area contributed by atoms with Gasteiger partial charge in [0.25, 0.3) is 0 Å². The Morgan fingerprint density at radius 1 is 1.44 bits per heavy atom. The summed E-state index contributed by atoms with van der Waals surface area (Å²) in [5, 5.41) is 11.3. The SMILES string of the molecule is C=CCC1(C(=O)NCCCC(=O)O)CCC1. The molecule has 1 fully saturated rings. The molecule has 2 N–H and O–H groups in total. The largest absolute Gasteiger partial charge is 0.481 e. The van der Waals surface area contributed by atoms with Crippen molar-refractivity contribution in [1.82, 2.24) is 5.32 Å². The molecule has 0 unspecified atom stereocenters. The number of aliphatic carboxylic acids is 1. The van der Waals surface area contributed by atoms with Crippen molar-refractivity contribution in [3.05, 3.63) is 12.7 Å². The van der Waals surface area contributed by atoms with Crippen molar-refractivity contribution in [3.8, 4) is 0 Å². The van der Waals surface area contributed by atoms with Gasteiger partial charge in [-0.1, -0.05) is 12.5 Å². The maximum absolute atomic E-state index is 11.9. The van der Waals surface area contributed by atoms with E-state index in [1.54, 1.807) is 6.08 Å². The number of hydrogen-bond donors (Lipinski definition) is 2. The molecule has 0 spiro atoms. The Hall–Kier alpha value is -1.32. The van der Waals surface area contributed by atoms with Gasteiger partial charge < -0.3 is 10.4 Å². The first-order valence-corrected chi connectivity index (χ1v) is 5.72. The van der Waals surface area contributed by atoms with Gasteiger partial charge in [0, 0.05) is 13.0 Å². The summed E-state index contributed by atoms with van der Waals surface area (Å²) in [6, 6.07) is 0. The highest BCUT2D eigenvalue weighted by Gasteiger charge is 2.42. The first kappa shape index (κ1) is 12.7. The molecule has 0 radical (unpaired) electrons. The van der Waals surface area contributed by atoms with Gasteiger partial charge in [0.2, 0.25) is 5.91 Å². The predicted octanol–water partition coefficient (Wildman–Crippen LogP) is 1.71. The smallest absolute Gasteiger partial charge is 0.303 e. The van der Waals surface area contributed by atoms with E-state index >= 15 is 0 Å². The zero-order valence-corrected chi connectivity index (χ0v) is 9.50. The molecule has 1 aliphatic rings. The maximum Gasteiger partial charge on any atom is 0.303 e. The highest BCUT2D eigenvalue weighted by Crippen LogP contribution is 2.44. The van der Waals surface area contributed by atoms with Crippen LogP contribution in [0.5, 0.6) is 0 Å². The summed E-state index contributed by atoms with van der Waals surface area (Å²) in [6.07, 6.45) is 6.04. The minimum Gasteiger partial charge on any atom is -0.481 e. The van der Waals surface area contributed by atoms with Crippen molar-refractivity contribution < 1.29 is 14.7 Å². The Morgan fingerprint density at radius 3 is 2.56 bits per heavy atom. The Bertz CT molecular complexity index is 282. The Morgan fingerprint density at radius 2 is 2.12 bits per heavy atom. The minimum atomic E-state index is -0.821. The van der Waals surface area contributed by atoms with Gasteiger partial charge in [-0.05, 0) is 25.7 Å². The van der Waals surface area contributed by atoms with Crippen molar-refractivity contribution in [3.63, 3.8) is 0 Å². The lowest BCUT2D eigenvalue weighted by molar-refractivity contribution is -0.138. The van der Waals surface area contributed by atoms with Crippen molar-refractivity contribution in [2.45, 2.75) is 38.5 Å². The number of carboxylic acid groups (broad SMARTS) is 1. The third kappa shape index (κ3) is 3.08. The molecule has 1 amide bonds. The summed E-state index contributed by atoms with van der Waals surface area (Å²) < 4.78 is 0. The van der Waals surface area contributed by atoms with E-state index in [0.717, 1.165) is 25.7 Å². The quantitative estimate of drug-likeness (QED) is 0.512. The fourth-order valence-corrected chi connectivity index (χ4v) is 2.03. The Balaban J connectivity index is 2.28. The molecule has 0 aliphatic heterocycles. The van der Waals surface area contributed by atoms with Gasteiger partial charge in [0.1, 0.15) is 0 Å². The molecule has 0 aromatic rings. The monoisotopic (exact) mass is 225 g/mol. The summed E-state index contributed by atoms with van der Waals surface area (Å²) in [4.78, 5) is 22.2. The van der Waals surface area contributed by atoms with Crippen LogP contribution in [0.1, 0.15) is 38.5 Å². The fraction of sp³-hybridized carbons (Fsp3) is 0.667. The molecule has 0 aromatic carbocycles. The number of nitrogens with one attached hydrogen (secondary N) is 1. The van der Waals surface area contributed by atoms with Crippen molar-refractivity contribution in [2.24, 2.45) is 5.41 Å². The van der Waals surface area contributed by atoms with E-state index in [0.29, 0.717) is 13.0 Å². The van der Waals surface area contributed by atoms with Crippen molar-refractivity contribution >= 4 is 11.9 Å². The normalized spacial score (nSPS) is 17.2. The van der Waals surface area contributed by atoms with Crippen LogP contribution >= 0.6 is 0 Å². The molecule has 0 heterocycles. The average molecular weight is 225 g/mol. The van der Waals surface area contributed by atoms with Crippen LogP contribution in [-0.4, -0.2) is 23.5 Å². The number of rotatable bonds is 7. The molecule has 1 saturated carbocycles. The third-order valence-electron chi connectivity index (χ3n) is 3.18. The van der Waals surface area contributed by atoms with Crippen LogP contribution in [-0.2, 0) is 9.59 Å².